The summed E-state index contributed by atoms with van der Waals surface area (Å²) in [5.41, 5.74) is 1.68. The highest BCUT2D eigenvalue weighted by molar-refractivity contribution is 5.77. The molecule has 0 radical (unpaired) electrons. The normalized spacial score (nSPS) is 16.1. The number of hydroxylamine groups is 1. The lowest BCUT2D eigenvalue weighted by Gasteiger charge is -2.22. The number of amides is 2. The molecule has 158 valence electrons. The highest BCUT2D eigenvalue weighted by Crippen LogP contribution is 2.31. The summed E-state index contributed by atoms with van der Waals surface area (Å²) in [6.07, 6.45) is 9.50. The third-order valence-corrected chi connectivity index (χ3v) is 5.18. The molecule has 1 saturated carbocycles. The molecule has 0 aliphatic heterocycles. The number of aromatic nitrogens is 2. The van der Waals surface area contributed by atoms with Gasteiger partial charge in [0.05, 0.1) is 13.1 Å². The number of rotatable bonds is 11. The monoisotopic (exact) mass is 395 g/mol. The Bertz CT molecular complexity index is 613. The Morgan fingerprint density at radius 1 is 1.25 bits per heavy atom. The Morgan fingerprint density at radius 2 is 2.00 bits per heavy atom. The minimum atomic E-state index is -0.471. The van der Waals surface area contributed by atoms with E-state index in [-0.39, 0.29) is 31.3 Å². The largest absolute Gasteiger partial charge is 0.348 e. The van der Waals surface area contributed by atoms with Crippen molar-refractivity contribution in [3.05, 3.63) is 11.7 Å². The molecule has 1 aliphatic rings. The second-order valence-corrected chi connectivity index (χ2v) is 7.93. The molecule has 1 heterocycles. The molecule has 0 aromatic carbocycles. The van der Waals surface area contributed by atoms with Gasteiger partial charge in [0.2, 0.25) is 17.7 Å². The Labute approximate surface area is 166 Å². The highest BCUT2D eigenvalue weighted by Gasteiger charge is 2.23. The van der Waals surface area contributed by atoms with Gasteiger partial charge in [-0.15, -0.1) is 0 Å². The Hall–Kier alpha value is -2.00. The van der Waals surface area contributed by atoms with Crippen molar-refractivity contribution in [2.45, 2.75) is 70.3 Å². The van der Waals surface area contributed by atoms with E-state index in [1.54, 1.807) is 10.4 Å². The van der Waals surface area contributed by atoms with E-state index in [2.05, 4.69) is 15.5 Å². The number of carbonyl (C=O) groups is 2. The Balaban J connectivity index is 1.88. The predicted molar refractivity (Wildman–Crippen MR) is 102 cm³/mol. The van der Waals surface area contributed by atoms with Crippen LogP contribution in [0.5, 0.6) is 0 Å². The molecular weight excluding hydrogens is 362 g/mol. The number of likely N-dealkylation sites (N-methyl/N-ethyl adjacent to an activating group) is 1. The Morgan fingerprint density at radius 3 is 2.68 bits per heavy atom. The highest BCUT2D eigenvalue weighted by atomic mass is 16.5. The third-order valence-electron chi connectivity index (χ3n) is 5.18. The van der Waals surface area contributed by atoms with Crippen LogP contribution in [0.15, 0.2) is 4.52 Å². The van der Waals surface area contributed by atoms with Crippen molar-refractivity contribution in [2.75, 3.05) is 20.6 Å². The van der Waals surface area contributed by atoms with Crippen LogP contribution in [-0.2, 0) is 16.1 Å². The van der Waals surface area contributed by atoms with Crippen LogP contribution < -0.4 is 10.8 Å². The molecule has 1 aliphatic carbocycles. The predicted octanol–water partition coefficient (Wildman–Crippen LogP) is 1.98. The van der Waals surface area contributed by atoms with E-state index in [4.69, 9.17) is 9.73 Å². The van der Waals surface area contributed by atoms with Crippen molar-refractivity contribution in [1.82, 2.24) is 25.8 Å². The first-order valence-corrected chi connectivity index (χ1v) is 10.1. The summed E-state index contributed by atoms with van der Waals surface area (Å²) in [5.74, 6) is 0.690. The molecule has 1 fully saturated rings. The summed E-state index contributed by atoms with van der Waals surface area (Å²) in [6.45, 7) is 0.461. The topological polar surface area (TPSA) is 121 Å². The average molecular weight is 396 g/mol. The van der Waals surface area contributed by atoms with Gasteiger partial charge in [-0.2, -0.15) is 4.98 Å². The smallest absolute Gasteiger partial charge is 0.244 e. The van der Waals surface area contributed by atoms with E-state index >= 15 is 0 Å². The fourth-order valence-corrected chi connectivity index (χ4v) is 3.74. The van der Waals surface area contributed by atoms with Crippen molar-refractivity contribution < 1.29 is 19.3 Å². The molecule has 9 heteroatoms. The summed E-state index contributed by atoms with van der Waals surface area (Å²) < 4.78 is 5.34. The summed E-state index contributed by atoms with van der Waals surface area (Å²) in [5, 5.41) is 15.5. The van der Waals surface area contributed by atoms with Crippen LogP contribution in [0.4, 0.5) is 0 Å². The number of carbonyl (C=O) groups excluding carboxylic acids is 2. The van der Waals surface area contributed by atoms with Gasteiger partial charge >= 0.3 is 0 Å². The molecule has 0 spiro atoms. The van der Waals surface area contributed by atoms with Crippen LogP contribution in [0, 0.1) is 5.92 Å². The van der Waals surface area contributed by atoms with Gasteiger partial charge in [-0.3, -0.25) is 14.8 Å². The number of hydrogen-bond donors (Lipinski definition) is 3. The molecule has 1 aromatic rings. The van der Waals surface area contributed by atoms with Gasteiger partial charge in [0.15, 0.2) is 5.82 Å². The lowest BCUT2D eigenvalue weighted by Crippen LogP contribution is -2.33. The first kappa shape index (κ1) is 22.3. The second kappa shape index (κ2) is 11.8. The van der Waals surface area contributed by atoms with Crippen molar-refractivity contribution in [2.24, 2.45) is 5.92 Å². The maximum absolute atomic E-state index is 11.7. The fraction of sp³-hybridized carbons (Fsp3) is 0.789. The number of nitrogens with zero attached hydrogens (tertiary/aromatic N) is 3. The van der Waals surface area contributed by atoms with Crippen LogP contribution in [0.25, 0.3) is 0 Å². The van der Waals surface area contributed by atoms with Gasteiger partial charge in [-0.25, -0.2) is 5.48 Å². The maximum atomic E-state index is 11.7. The summed E-state index contributed by atoms with van der Waals surface area (Å²) in [6, 6.07) is 0. The molecule has 2 amide bonds. The van der Waals surface area contributed by atoms with Gasteiger partial charge in [0, 0.05) is 12.3 Å². The van der Waals surface area contributed by atoms with E-state index in [1.165, 1.54) is 32.1 Å². The van der Waals surface area contributed by atoms with Crippen molar-refractivity contribution in [3.63, 3.8) is 0 Å². The van der Waals surface area contributed by atoms with Crippen molar-refractivity contribution in [3.8, 4) is 0 Å². The Kier molecular flexibility index (Phi) is 9.36. The zero-order valence-electron chi connectivity index (χ0n) is 16.9. The van der Waals surface area contributed by atoms with Gasteiger partial charge < -0.3 is 14.7 Å². The zero-order valence-corrected chi connectivity index (χ0v) is 16.9. The van der Waals surface area contributed by atoms with Crippen LogP contribution in [-0.4, -0.2) is 52.7 Å². The summed E-state index contributed by atoms with van der Waals surface area (Å²) in [7, 11) is 3.63. The second-order valence-electron chi connectivity index (χ2n) is 7.93. The molecule has 1 aromatic heterocycles. The fourth-order valence-electron chi connectivity index (χ4n) is 3.74. The van der Waals surface area contributed by atoms with Crippen molar-refractivity contribution in [1.29, 1.82) is 0 Å². The average Bonchev–Trinajstić information content (AvgIpc) is 3.14. The minimum Gasteiger partial charge on any atom is -0.348 e. The van der Waals surface area contributed by atoms with E-state index in [9.17, 15) is 9.59 Å². The lowest BCUT2D eigenvalue weighted by molar-refractivity contribution is -0.129. The first-order chi connectivity index (χ1) is 13.5. The van der Waals surface area contributed by atoms with Crippen molar-refractivity contribution >= 4 is 11.8 Å². The summed E-state index contributed by atoms with van der Waals surface area (Å²) in [4.78, 5) is 29.5. The van der Waals surface area contributed by atoms with E-state index in [0.717, 1.165) is 25.2 Å². The lowest BCUT2D eigenvalue weighted by atomic mass is 9.84. The number of nitrogens with one attached hydrogen (secondary N) is 2. The maximum Gasteiger partial charge on any atom is 0.244 e. The standard InChI is InChI=1S/C19H33N5O4/c1-24(2)13-18(26)20-12-16-21-19(28-23-16)15(11-17(25)22-27)10-6-9-14-7-4-3-5-8-14/h14-15,27H,3-13H2,1-2H3,(H,20,26)(H,22,25)/t15-/m1/s1. The van der Waals surface area contributed by atoms with Gasteiger partial charge in [0.1, 0.15) is 0 Å². The molecule has 0 saturated heterocycles. The van der Waals surface area contributed by atoms with E-state index in [1.807, 2.05) is 14.1 Å². The van der Waals surface area contributed by atoms with Gasteiger partial charge in [-0.1, -0.05) is 50.1 Å². The minimum absolute atomic E-state index is 0.0930. The molecule has 0 unspecified atom stereocenters. The van der Waals surface area contributed by atoms with Gasteiger partial charge in [0.25, 0.3) is 0 Å². The third kappa shape index (κ3) is 7.93. The van der Waals surface area contributed by atoms with E-state index in [0.29, 0.717) is 11.7 Å². The SMILES string of the molecule is CN(C)CC(=O)NCc1noc([C@H](CCCC2CCCCC2)CC(=O)NO)n1. The van der Waals surface area contributed by atoms with Crippen LogP contribution in [0.3, 0.4) is 0 Å². The zero-order chi connectivity index (χ0) is 20.4. The molecule has 2 rings (SSSR count). The molecule has 3 N–H and O–H groups in total. The van der Waals surface area contributed by atoms with Crippen LogP contribution in [0.2, 0.25) is 0 Å². The molecule has 1 atom stereocenters. The van der Waals surface area contributed by atoms with Crippen LogP contribution >= 0.6 is 0 Å². The van der Waals surface area contributed by atoms with Gasteiger partial charge in [-0.05, 0) is 26.4 Å². The van der Waals surface area contributed by atoms with Crippen LogP contribution in [0.1, 0.15) is 75.4 Å². The molecular formula is C19H33N5O4. The first-order valence-electron chi connectivity index (χ1n) is 10.1. The quantitative estimate of drug-likeness (QED) is 0.387. The number of hydrogen-bond acceptors (Lipinski definition) is 7. The molecule has 28 heavy (non-hydrogen) atoms. The van der Waals surface area contributed by atoms with E-state index < -0.39 is 5.91 Å². The summed E-state index contributed by atoms with van der Waals surface area (Å²) >= 11 is 0. The molecule has 0 bridgehead atoms. The molecule has 9 nitrogen and oxygen atoms in total.